The molecule has 2 unspecified atom stereocenters. The standard InChI is InChI=1S/C12H21NS/c1-4-7-13-11(3)10(2)9-12-6-5-8-14-12/h5-6,8,10-11,13H,4,7,9H2,1-3H3. The average Bonchev–Trinajstić information content (AvgIpc) is 2.66. The molecule has 1 N–H and O–H groups in total. The first-order valence-corrected chi connectivity index (χ1v) is 6.37. The van der Waals surface area contributed by atoms with Crippen LogP contribution in [0, 0.1) is 5.92 Å². The average molecular weight is 211 g/mol. The molecule has 1 aromatic heterocycles. The van der Waals surface area contributed by atoms with E-state index in [-0.39, 0.29) is 0 Å². The van der Waals surface area contributed by atoms with E-state index in [2.05, 4.69) is 43.6 Å². The van der Waals surface area contributed by atoms with E-state index in [1.807, 2.05) is 11.3 Å². The molecule has 0 saturated carbocycles. The third-order valence-electron chi connectivity index (χ3n) is 2.67. The zero-order chi connectivity index (χ0) is 10.4. The summed E-state index contributed by atoms with van der Waals surface area (Å²) in [4.78, 5) is 1.50. The van der Waals surface area contributed by atoms with Gasteiger partial charge in [-0.25, -0.2) is 0 Å². The van der Waals surface area contributed by atoms with Crippen LogP contribution in [0.5, 0.6) is 0 Å². The largest absolute Gasteiger partial charge is 0.314 e. The fourth-order valence-corrected chi connectivity index (χ4v) is 2.34. The van der Waals surface area contributed by atoms with Gasteiger partial charge in [-0.15, -0.1) is 11.3 Å². The first kappa shape index (κ1) is 11.7. The molecule has 80 valence electrons. The van der Waals surface area contributed by atoms with Crippen LogP contribution in [-0.2, 0) is 6.42 Å². The molecule has 1 aromatic rings. The van der Waals surface area contributed by atoms with Gasteiger partial charge in [0.2, 0.25) is 0 Å². The predicted octanol–water partition coefficient (Wildman–Crippen LogP) is 3.31. The van der Waals surface area contributed by atoms with Gasteiger partial charge in [0.15, 0.2) is 0 Å². The van der Waals surface area contributed by atoms with Gasteiger partial charge in [-0.05, 0) is 43.7 Å². The Morgan fingerprint density at radius 1 is 1.43 bits per heavy atom. The zero-order valence-electron chi connectivity index (χ0n) is 9.42. The van der Waals surface area contributed by atoms with E-state index in [0.717, 1.165) is 12.5 Å². The van der Waals surface area contributed by atoms with Crippen LogP contribution < -0.4 is 5.32 Å². The van der Waals surface area contributed by atoms with Gasteiger partial charge >= 0.3 is 0 Å². The van der Waals surface area contributed by atoms with Gasteiger partial charge in [-0.3, -0.25) is 0 Å². The zero-order valence-corrected chi connectivity index (χ0v) is 10.2. The summed E-state index contributed by atoms with van der Waals surface area (Å²) < 4.78 is 0. The van der Waals surface area contributed by atoms with Gasteiger partial charge in [0, 0.05) is 10.9 Å². The predicted molar refractivity (Wildman–Crippen MR) is 64.9 cm³/mol. The third-order valence-corrected chi connectivity index (χ3v) is 3.57. The molecular formula is C12H21NS. The molecule has 2 heteroatoms. The van der Waals surface area contributed by atoms with E-state index in [1.165, 1.54) is 17.7 Å². The molecular weight excluding hydrogens is 190 g/mol. The van der Waals surface area contributed by atoms with Crippen molar-refractivity contribution in [3.8, 4) is 0 Å². The summed E-state index contributed by atoms with van der Waals surface area (Å²) in [5, 5.41) is 5.71. The Hall–Kier alpha value is -0.340. The maximum Gasteiger partial charge on any atom is 0.00678 e. The van der Waals surface area contributed by atoms with Crippen molar-refractivity contribution in [1.29, 1.82) is 0 Å². The Labute approximate surface area is 91.5 Å². The molecule has 0 fully saturated rings. The summed E-state index contributed by atoms with van der Waals surface area (Å²) in [6, 6.07) is 4.99. The van der Waals surface area contributed by atoms with Crippen LogP contribution in [0.3, 0.4) is 0 Å². The molecule has 1 nitrogen and oxygen atoms in total. The molecule has 1 rings (SSSR count). The van der Waals surface area contributed by atoms with Crippen LogP contribution in [0.25, 0.3) is 0 Å². The van der Waals surface area contributed by atoms with E-state index in [9.17, 15) is 0 Å². The highest BCUT2D eigenvalue weighted by atomic mass is 32.1. The fraction of sp³-hybridized carbons (Fsp3) is 0.667. The van der Waals surface area contributed by atoms with Crippen LogP contribution in [0.1, 0.15) is 32.1 Å². The maximum absolute atomic E-state index is 3.55. The molecule has 0 aliphatic heterocycles. The number of rotatable bonds is 6. The van der Waals surface area contributed by atoms with Crippen molar-refractivity contribution >= 4 is 11.3 Å². The highest BCUT2D eigenvalue weighted by molar-refractivity contribution is 7.09. The molecule has 0 saturated heterocycles. The lowest BCUT2D eigenvalue weighted by atomic mass is 9.99. The Morgan fingerprint density at radius 3 is 2.79 bits per heavy atom. The minimum absolute atomic E-state index is 0.622. The van der Waals surface area contributed by atoms with Gasteiger partial charge in [0.1, 0.15) is 0 Å². The highest BCUT2D eigenvalue weighted by Gasteiger charge is 2.11. The Morgan fingerprint density at radius 2 is 2.21 bits per heavy atom. The summed E-state index contributed by atoms with van der Waals surface area (Å²) in [6.45, 7) is 7.96. The van der Waals surface area contributed by atoms with Crippen molar-refractivity contribution in [3.63, 3.8) is 0 Å². The lowest BCUT2D eigenvalue weighted by molar-refractivity contribution is 0.401. The molecule has 0 aliphatic carbocycles. The molecule has 2 atom stereocenters. The lowest BCUT2D eigenvalue weighted by Gasteiger charge is -2.20. The molecule has 1 heterocycles. The summed E-state index contributed by atoms with van der Waals surface area (Å²) in [5.41, 5.74) is 0. The van der Waals surface area contributed by atoms with Crippen molar-refractivity contribution in [2.75, 3.05) is 6.54 Å². The van der Waals surface area contributed by atoms with E-state index >= 15 is 0 Å². The highest BCUT2D eigenvalue weighted by Crippen LogP contribution is 2.16. The molecule has 0 spiro atoms. The number of hydrogen-bond donors (Lipinski definition) is 1. The maximum atomic E-state index is 3.55. The number of nitrogens with one attached hydrogen (secondary N) is 1. The molecule has 0 bridgehead atoms. The minimum Gasteiger partial charge on any atom is -0.314 e. The second-order valence-electron chi connectivity index (χ2n) is 4.00. The van der Waals surface area contributed by atoms with E-state index in [0.29, 0.717) is 6.04 Å². The normalized spacial score (nSPS) is 15.4. The molecule has 0 amide bonds. The van der Waals surface area contributed by atoms with Gasteiger partial charge < -0.3 is 5.32 Å². The van der Waals surface area contributed by atoms with Gasteiger partial charge in [0.05, 0.1) is 0 Å². The third kappa shape index (κ3) is 3.81. The van der Waals surface area contributed by atoms with Crippen molar-refractivity contribution in [2.24, 2.45) is 5.92 Å². The smallest absolute Gasteiger partial charge is 0.00678 e. The SMILES string of the molecule is CCCNC(C)C(C)Cc1cccs1. The molecule has 0 aromatic carbocycles. The second kappa shape index (κ2) is 6.20. The summed E-state index contributed by atoms with van der Waals surface area (Å²) >= 11 is 1.86. The number of hydrogen-bond acceptors (Lipinski definition) is 2. The van der Waals surface area contributed by atoms with Crippen LogP contribution in [-0.4, -0.2) is 12.6 Å². The Balaban J connectivity index is 2.30. The van der Waals surface area contributed by atoms with Crippen molar-refractivity contribution < 1.29 is 0 Å². The van der Waals surface area contributed by atoms with Crippen molar-refractivity contribution in [3.05, 3.63) is 22.4 Å². The quantitative estimate of drug-likeness (QED) is 0.761. The Bertz CT molecular complexity index is 230. The van der Waals surface area contributed by atoms with Gasteiger partial charge in [-0.1, -0.05) is 19.9 Å². The summed E-state index contributed by atoms with van der Waals surface area (Å²) in [7, 11) is 0. The topological polar surface area (TPSA) is 12.0 Å². The first-order valence-electron chi connectivity index (χ1n) is 5.49. The van der Waals surface area contributed by atoms with Crippen LogP contribution in [0.15, 0.2) is 17.5 Å². The van der Waals surface area contributed by atoms with Crippen LogP contribution >= 0.6 is 11.3 Å². The van der Waals surface area contributed by atoms with Crippen LogP contribution in [0.4, 0.5) is 0 Å². The van der Waals surface area contributed by atoms with Crippen molar-refractivity contribution in [1.82, 2.24) is 5.32 Å². The van der Waals surface area contributed by atoms with Crippen LogP contribution in [0.2, 0.25) is 0 Å². The molecule has 14 heavy (non-hydrogen) atoms. The van der Waals surface area contributed by atoms with E-state index in [1.54, 1.807) is 0 Å². The summed E-state index contributed by atoms with van der Waals surface area (Å²) in [6.07, 6.45) is 2.42. The fourth-order valence-electron chi connectivity index (χ4n) is 1.50. The lowest BCUT2D eigenvalue weighted by Crippen LogP contribution is -2.33. The minimum atomic E-state index is 0.622. The van der Waals surface area contributed by atoms with Gasteiger partial charge in [0.25, 0.3) is 0 Å². The van der Waals surface area contributed by atoms with E-state index < -0.39 is 0 Å². The van der Waals surface area contributed by atoms with Gasteiger partial charge in [-0.2, -0.15) is 0 Å². The Kier molecular flexibility index (Phi) is 5.20. The molecule has 0 aliphatic rings. The monoisotopic (exact) mass is 211 g/mol. The second-order valence-corrected chi connectivity index (χ2v) is 5.04. The molecule has 0 radical (unpaired) electrons. The van der Waals surface area contributed by atoms with Crippen molar-refractivity contribution in [2.45, 2.75) is 39.7 Å². The number of thiophene rings is 1. The van der Waals surface area contributed by atoms with E-state index in [4.69, 9.17) is 0 Å². The first-order chi connectivity index (χ1) is 6.74. The summed E-state index contributed by atoms with van der Waals surface area (Å²) in [5.74, 6) is 0.722.